The molecule has 1 aromatic carbocycles. The van der Waals surface area contributed by atoms with Crippen LogP contribution in [-0.4, -0.2) is 46.6 Å². The van der Waals surface area contributed by atoms with Crippen LogP contribution in [0.5, 0.6) is 0 Å². The molecule has 4 N–H and O–H groups in total. The van der Waals surface area contributed by atoms with Crippen molar-refractivity contribution in [2.24, 2.45) is 40.2 Å². The van der Waals surface area contributed by atoms with Crippen LogP contribution in [0, 0.1) is 34.5 Å². The molecule has 5 nitrogen and oxygen atoms in total. The van der Waals surface area contributed by atoms with Crippen molar-refractivity contribution in [1.29, 1.82) is 0 Å². The fourth-order valence-electron chi connectivity index (χ4n) is 10.2. The molecule has 1 heterocycles. The molecule has 43 heavy (non-hydrogen) atoms. The van der Waals surface area contributed by atoms with Gasteiger partial charge in [0.15, 0.2) is 11.4 Å². The molecule has 1 saturated heterocycles. The Labute approximate surface area is 253 Å². The SMILES string of the molecule is CC1(C)COC2(CCC3=C4C(c5ccc(CN)cc5)CC5(C)C(CC(CC6CC6)[C@@]5(O)C(F)(F)F)C4CC[C@@]3(O)C2)OC1. The molecule has 7 rings (SSSR count). The molecule has 0 bridgehead atoms. The lowest BCUT2D eigenvalue weighted by Crippen LogP contribution is -2.62. The molecule has 1 aromatic rings. The average molecular weight is 604 g/mol. The van der Waals surface area contributed by atoms with Gasteiger partial charge >= 0.3 is 6.18 Å². The second-order valence-corrected chi connectivity index (χ2v) is 16.0. The van der Waals surface area contributed by atoms with Crippen molar-refractivity contribution in [2.75, 3.05) is 13.2 Å². The zero-order valence-corrected chi connectivity index (χ0v) is 25.8. The summed E-state index contributed by atoms with van der Waals surface area (Å²) in [6.45, 7) is 7.45. The summed E-state index contributed by atoms with van der Waals surface area (Å²) in [6, 6.07) is 7.91. The first-order chi connectivity index (χ1) is 20.1. The third kappa shape index (κ3) is 4.59. The van der Waals surface area contributed by atoms with Gasteiger partial charge in [-0.05, 0) is 78.9 Å². The Morgan fingerprint density at radius 2 is 1.65 bits per heavy atom. The number of hydrogen-bond acceptors (Lipinski definition) is 5. The quantitative estimate of drug-likeness (QED) is 0.331. The Hall–Kier alpha value is -1.45. The van der Waals surface area contributed by atoms with E-state index < -0.39 is 34.5 Å². The van der Waals surface area contributed by atoms with Crippen LogP contribution in [0.1, 0.15) is 102 Å². The van der Waals surface area contributed by atoms with Gasteiger partial charge in [-0.1, -0.05) is 63.5 Å². The summed E-state index contributed by atoms with van der Waals surface area (Å²) in [7, 11) is 0. The molecule has 1 aliphatic heterocycles. The maximum atomic E-state index is 15.2. The van der Waals surface area contributed by atoms with Crippen LogP contribution in [-0.2, 0) is 16.0 Å². The lowest BCUT2D eigenvalue weighted by atomic mass is 9.49. The van der Waals surface area contributed by atoms with E-state index in [-0.39, 0.29) is 35.5 Å². The maximum Gasteiger partial charge on any atom is 0.417 e. The second-order valence-electron chi connectivity index (χ2n) is 16.0. The molecule has 0 radical (unpaired) electrons. The first-order valence-electron chi connectivity index (χ1n) is 16.5. The predicted octanol–water partition coefficient (Wildman–Crippen LogP) is 6.76. The second kappa shape index (κ2) is 9.78. The van der Waals surface area contributed by atoms with Crippen LogP contribution in [0.2, 0.25) is 0 Å². The molecule has 5 aliphatic carbocycles. The van der Waals surface area contributed by atoms with Crippen molar-refractivity contribution in [3.05, 3.63) is 46.5 Å². The first kappa shape index (κ1) is 30.2. The van der Waals surface area contributed by atoms with Crippen molar-refractivity contribution in [1.82, 2.24) is 0 Å². The average Bonchev–Trinajstić information content (AvgIpc) is 3.74. The fourth-order valence-corrected chi connectivity index (χ4v) is 10.2. The Kier molecular flexibility index (Phi) is 6.87. The Morgan fingerprint density at radius 3 is 2.26 bits per heavy atom. The number of halogens is 3. The van der Waals surface area contributed by atoms with Gasteiger partial charge in [-0.15, -0.1) is 0 Å². The summed E-state index contributed by atoms with van der Waals surface area (Å²) < 4.78 is 58.2. The third-order valence-electron chi connectivity index (χ3n) is 12.6. The molecule has 5 fully saturated rings. The topological polar surface area (TPSA) is 84.9 Å². The van der Waals surface area contributed by atoms with E-state index in [1.54, 1.807) is 6.92 Å². The highest BCUT2D eigenvalue weighted by Gasteiger charge is 2.76. The molecule has 0 amide bonds. The summed E-state index contributed by atoms with van der Waals surface area (Å²) in [6.07, 6.45) is 0.844. The van der Waals surface area contributed by atoms with Crippen molar-refractivity contribution < 1.29 is 32.9 Å². The van der Waals surface area contributed by atoms with Crippen LogP contribution >= 0.6 is 0 Å². The Balaban J connectivity index is 1.33. The molecule has 4 saturated carbocycles. The van der Waals surface area contributed by atoms with Crippen LogP contribution in [0.15, 0.2) is 35.4 Å². The largest absolute Gasteiger partial charge is 0.417 e. The minimum absolute atomic E-state index is 0.0896. The minimum Gasteiger partial charge on any atom is -0.385 e. The number of allylic oxidation sites excluding steroid dienone is 1. The normalized spacial score (nSPS) is 42.0. The Bertz CT molecular complexity index is 1280. The van der Waals surface area contributed by atoms with E-state index in [0.29, 0.717) is 64.7 Å². The van der Waals surface area contributed by atoms with Gasteiger partial charge in [0.2, 0.25) is 0 Å². The number of nitrogens with two attached hydrogens (primary N) is 1. The summed E-state index contributed by atoms with van der Waals surface area (Å²) in [4.78, 5) is 0. The van der Waals surface area contributed by atoms with Gasteiger partial charge in [0.1, 0.15) is 0 Å². The number of fused-ring (bicyclic) bond motifs is 4. The number of rotatable bonds is 4. The standard InChI is InChI=1S/C35H48F3NO4/c1-30(2)19-42-33(43-20-30)13-11-27-29-25(10-12-32(27,40)18-33)28-15-24(14-21-4-5-21)34(41,35(36,37)38)31(28,3)16-26(29)23-8-6-22(17-39)7-9-23/h6-9,21,24-26,28,40-41H,4-5,10-20,39H2,1-3H3/t24?,25?,26?,28?,31?,32-,34+/m1/s1. The fraction of sp³-hybridized carbons (Fsp3) is 0.771. The van der Waals surface area contributed by atoms with Gasteiger partial charge in [0.25, 0.3) is 0 Å². The third-order valence-corrected chi connectivity index (χ3v) is 12.6. The maximum absolute atomic E-state index is 15.2. The van der Waals surface area contributed by atoms with Gasteiger partial charge in [0, 0.05) is 36.1 Å². The predicted molar refractivity (Wildman–Crippen MR) is 157 cm³/mol. The van der Waals surface area contributed by atoms with E-state index in [0.717, 1.165) is 35.1 Å². The number of aliphatic hydroxyl groups is 2. The van der Waals surface area contributed by atoms with E-state index in [1.807, 2.05) is 24.3 Å². The van der Waals surface area contributed by atoms with E-state index in [9.17, 15) is 10.2 Å². The highest BCUT2D eigenvalue weighted by atomic mass is 19.4. The monoisotopic (exact) mass is 603 g/mol. The highest BCUT2D eigenvalue weighted by molar-refractivity contribution is 5.45. The van der Waals surface area contributed by atoms with Gasteiger partial charge in [-0.25, -0.2) is 0 Å². The zero-order chi connectivity index (χ0) is 30.6. The number of alkyl halides is 3. The van der Waals surface area contributed by atoms with E-state index in [1.165, 1.54) is 0 Å². The molecule has 5 unspecified atom stereocenters. The molecular formula is C35H48F3NO4. The molecule has 8 heteroatoms. The number of hydrogen-bond donors (Lipinski definition) is 3. The minimum atomic E-state index is -4.72. The molecule has 7 atom stereocenters. The molecule has 0 aromatic heterocycles. The van der Waals surface area contributed by atoms with Gasteiger partial charge in [-0.2, -0.15) is 13.2 Å². The van der Waals surface area contributed by atoms with Gasteiger partial charge in [0.05, 0.1) is 18.8 Å². The van der Waals surface area contributed by atoms with Gasteiger partial charge in [-0.3, -0.25) is 0 Å². The van der Waals surface area contributed by atoms with E-state index >= 15 is 13.2 Å². The van der Waals surface area contributed by atoms with Crippen molar-refractivity contribution >= 4 is 0 Å². The summed E-state index contributed by atoms with van der Waals surface area (Å²) >= 11 is 0. The molecule has 6 aliphatic rings. The summed E-state index contributed by atoms with van der Waals surface area (Å²) in [5, 5.41) is 24.4. The van der Waals surface area contributed by atoms with Crippen LogP contribution < -0.4 is 5.73 Å². The van der Waals surface area contributed by atoms with E-state index in [4.69, 9.17) is 15.2 Å². The summed E-state index contributed by atoms with van der Waals surface area (Å²) in [5.74, 6) is -2.09. The van der Waals surface area contributed by atoms with Crippen LogP contribution in [0.25, 0.3) is 0 Å². The number of ether oxygens (including phenoxy) is 2. The van der Waals surface area contributed by atoms with Crippen molar-refractivity contribution in [2.45, 2.75) is 121 Å². The smallest absolute Gasteiger partial charge is 0.385 e. The van der Waals surface area contributed by atoms with E-state index in [2.05, 4.69) is 13.8 Å². The zero-order valence-electron chi connectivity index (χ0n) is 25.8. The lowest BCUT2D eigenvalue weighted by molar-refractivity contribution is -0.323. The number of benzene rings is 1. The van der Waals surface area contributed by atoms with Crippen LogP contribution in [0.4, 0.5) is 13.2 Å². The van der Waals surface area contributed by atoms with Crippen molar-refractivity contribution in [3.63, 3.8) is 0 Å². The Morgan fingerprint density at radius 1 is 0.977 bits per heavy atom. The lowest BCUT2D eigenvalue weighted by Gasteiger charge is -2.58. The summed E-state index contributed by atoms with van der Waals surface area (Å²) in [5.41, 5.74) is 4.62. The van der Waals surface area contributed by atoms with Crippen LogP contribution in [0.3, 0.4) is 0 Å². The van der Waals surface area contributed by atoms with Gasteiger partial charge < -0.3 is 25.4 Å². The highest BCUT2D eigenvalue weighted by Crippen LogP contribution is 2.72. The molecule has 1 spiro atoms. The molecular weight excluding hydrogens is 555 g/mol. The van der Waals surface area contributed by atoms with Crippen molar-refractivity contribution in [3.8, 4) is 0 Å². The molecule has 238 valence electrons. The first-order valence-corrected chi connectivity index (χ1v) is 16.5.